The van der Waals surface area contributed by atoms with Gasteiger partial charge in [0.05, 0.1) is 14.2 Å². The van der Waals surface area contributed by atoms with E-state index in [2.05, 4.69) is 24.4 Å². The molecule has 0 aromatic heterocycles. The van der Waals surface area contributed by atoms with E-state index in [-0.39, 0.29) is 5.78 Å². The quantitative estimate of drug-likeness (QED) is 0.618. The van der Waals surface area contributed by atoms with Crippen LogP contribution in [0, 0.1) is 0 Å². The standard InChI is InChI=1S/C19H21NO3/c1-4-14-5-8-16(9-6-14)20-12-11-17(21)15-7-10-18(22-2)19(13-15)23-3/h5-13,20H,4H2,1-3H3. The molecule has 1 N–H and O–H groups in total. The molecule has 0 fully saturated rings. The number of anilines is 1. The molecule has 0 unspecified atom stereocenters. The van der Waals surface area contributed by atoms with E-state index in [1.54, 1.807) is 38.6 Å². The third-order valence-electron chi connectivity index (χ3n) is 3.51. The van der Waals surface area contributed by atoms with Gasteiger partial charge in [-0.25, -0.2) is 0 Å². The number of carbonyl (C=O) groups excluding carboxylic acids is 1. The van der Waals surface area contributed by atoms with E-state index in [0.29, 0.717) is 17.1 Å². The number of aryl methyl sites for hydroxylation is 1. The average Bonchev–Trinajstić information content (AvgIpc) is 2.61. The van der Waals surface area contributed by atoms with Crippen molar-refractivity contribution in [3.05, 3.63) is 65.9 Å². The zero-order valence-corrected chi connectivity index (χ0v) is 13.6. The van der Waals surface area contributed by atoms with Crippen molar-refractivity contribution in [2.24, 2.45) is 0 Å². The molecule has 0 bridgehead atoms. The lowest BCUT2D eigenvalue weighted by Gasteiger charge is -2.08. The molecule has 4 heteroatoms. The monoisotopic (exact) mass is 311 g/mol. The molecule has 0 atom stereocenters. The van der Waals surface area contributed by atoms with Crippen molar-refractivity contribution in [2.45, 2.75) is 13.3 Å². The first-order valence-corrected chi connectivity index (χ1v) is 7.46. The Morgan fingerprint density at radius 3 is 2.35 bits per heavy atom. The molecule has 0 radical (unpaired) electrons. The summed E-state index contributed by atoms with van der Waals surface area (Å²) >= 11 is 0. The Balaban J connectivity index is 2.03. The summed E-state index contributed by atoms with van der Waals surface area (Å²) in [4.78, 5) is 12.2. The van der Waals surface area contributed by atoms with Crippen LogP contribution in [0.1, 0.15) is 22.8 Å². The topological polar surface area (TPSA) is 47.6 Å². The van der Waals surface area contributed by atoms with Gasteiger partial charge >= 0.3 is 0 Å². The number of carbonyl (C=O) groups is 1. The van der Waals surface area contributed by atoms with E-state index in [4.69, 9.17) is 9.47 Å². The second-order valence-electron chi connectivity index (χ2n) is 4.96. The summed E-state index contributed by atoms with van der Waals surface area (Å²) in [6, 6.07) is 13.2. The minimum Gasteiger partial charge on any atom is -0.493 e. The predicted molar refractivity (Wildman–Crippen MR) is 92.5 cm³/mol. The fourth-order valence-electron chi connectivity index (χ4n) is 2.14. The van der Waals surface area contributed by atoms with Crippen LogP contribution in [0.2, 0.25) is 0 Å². The van der Waals surface area contributed by atoms with E-state index < -0.39 is 0 Å². The van der Waals surface area contributed by atoms with Gasteiger partial charge in [-0.1, -0.05) is 19.1 Å². The summed E-state index contributed by atoms with van der Waals surface area (Å²) in [5, 5.41) is 3.09. The molecule has 4 nitrogen and oxygen atoms in total. The molecular weight excluding hydrogens is 290 g/mol. The average molecular weight is 311 g/mol. The molecule has 2 aromatic carbocycles. The Morgan fingerprint density at radius 1 is 1.04 bits per heavy atom. The number of ether oxygens (including phenoxy) is 2. The molecular formula is C19H21NO3. The molecule has 0 aliphatic heterocycles. The third kappa shape index (κ3) is 4.36. The van der Waals surface area contributed by atoms with Crippen molar-refractivity contribution in [1.29, 1.82) is 0 Å². The van der Waals surface area contributed by atoms with Gasteiger partial charge in [-0.15, -0.1) is 0 Å². The fourth-order valence-corrected chi connectivity index (χ4v) is 2.14. The Labute approximate surface area is 136 Å². The maximum Gasteiger partial charge on any atom is 0.187 e. The van der Waals surface area contributed by atoms with Gasteiger partial charge in [-0.2, -0.15) is 0 Å². The minimum absolute atomic E-state index is 0.108. The maximum atomic E-state index is 12.2. The van der Waals surface area contributed by atoms with E-state index in [1.807, 2.05) is 12.1 Å². The summed E-state index contributed by atoms with van der Waals surface area (Å²) in [5.41, 5.74) is 2.77. The summed E-state index contributed by atoms with van der Waals surface area (Å²) in [5.74, 6) is 1.03. The van der Waals surface area contributed by atoms with Crippen LogP contribution in [0.15, 0.2) is 54.7 Å². The largest absolute Gasteiger partial charge is 0.493 e. The van der Waals surface area contributed by atoms with Crippen LogP contribution in [-0.2, 0) is 6.42 Å². The number of nitrogens with one attached hydrogen (secondary N) is 1. The van der Waals surface area contributed by atoms with Crippen molar-refractivity contribution in [1.82, 2.24) is 0 Å². The van der Waals surface area contributed by atoms with E-state index >= 15 is 0 Å². The van der Waals surface area contributed by atoms with Gasteiger partial charge in [0.2, 0.25) is 0 Å². The lowest BCUT2D eigenvalue weighted by molar-refractivity contribution is 0.104. The van der Waals surface area contributed by atoms with Gasteiger partial charge in [0.1, 0.15) is 0 Å². The highest BCUT2D eigenvalue weighted by Gasteiger charge is 2.08. The summed E-state index contributed by atoms with van der Waals surface area (Å²) in [6.45, 7) is 2.12. The van der Waals surface area contributed by atoms with Crippen LogP contribution >= 0.6 is 0 Å². The number of hydrogen-bond donors (Lipinski definition) is 1. The van der Waals surface area contributed by atoms with Crippen molar-refractivity contribution in [3.8, 4) is 11.5 Å². The Kier molecular flexibility index (Phi) is 5.80. The van der Waals surface area contributed by atoms with E-state index in [0.717, 1.165) is 12.1 Å². The molecule has 0 saturated heterocycles. The number of methoxy groups -OCH3 is 2. The van der Waals surface area contributed by atoms with Gasteiger partial charge in [0.25, 0.3) is 0 Å². The number of benzene rings is 2. The molecule has 0 aliphatic carbocycles. The summed E-state index contributed by atoms with van der Waals surface area (Å²) in [6.07, 6.45) is 4.14. The zero-order chi connectivity index (χ0) is 16.7. The zero-order valence-electron chi connectivity index (χ0n) is 13.6. The molecule has 0 spiro atoms. The van der Waals surface area contributed by atoms with E-state index in [1.165, 1.54) is 11.6 Å². The van der Waals surface area contributed by atoms with Crippen molar-refractivity contribution < 1.29 is 14.3 Å². The lowest BCUT2D eigenvalue weighted by atomic mass is 10.1. The Hall–Kier alpha value is -2.75. The van der Waals surface area contributed by atoms with Crippen LogP contribution < -0.4 is 14.8 Å². The molecule has 23 heavy (non-hydrogen) atoms. The van der Waals surface area contributed by atoms with Crippen LogP contribution in [-0.4, -0.2) is 20.0 Å². The third-order valence-corrected chi connectivity index (χ3v) is 3.51. The first-order chi connectivity index (χ1) is 11.2. The molecule has 2 rings (SSSR count). The molecule has 0 saturated carbocycles. The fraction of sp³-hybridized carbons (Fsp3) is 0.211. The lowest BCUT2D eigenvalue weighted by Crippen LogP contribution is -1.98. The first-order valence-electron chi connectivity index (χ1n) is 7.46. The molecule has 0 heterocycles. The normalized spacial score (nSPS) is 10.6. The van der Waals surface area contributed by atoms with Crippen molar-refractivity contribution >= 4 is 11.5 Å². The second kappa shape index (κ2) is 8.03. The van der Waals surface area contributed by atoms with Crippen LogP contribution in [0.4, 0.5) is 5.69 Å². The Bertz CT molecular complexity index is 690. The van der Waals surface area contributed by atoms with Crippen molar-refractivity contribution in [3.63, 3.8) is 0 Å². The second-order valence-corrected chi connectivity index (χ2v) is 4.96. The minimum atomic E-state index is -0.108. The summed E-state index contributed by atoms with van der Waals surface area (Å²) in [7, 11) is 3.11. The highest BCUT2D eigenvalue weighted by Crippen LogP contribution is 2.27. The van der Waals surface area contributed by atoms with Crippen LogP contribution in [0.25, 0.3) is 0 Å². The number of ketones is 1. The van der Waals surface area contributed by atoms with Crippen molar-refractivity contribution in [2.75, 3.05) is 19.5 Å². The van der Waals surface area contributed by atoms with Crippen LogP contribution in [0.5, 0.6) is 11.5 Å². The van der Waals surface area contributed by atoms with Gasteiger partial charge in [-0.3, -0.25) is 4.79 Å². The Morgan fingerprint density at radius 2 is 1.74 bits per heavy atom. The summed E-state index contributed by atoms with van der Waals surface area (Å²) < 4.78 is 10.4. The van der Waals surface area contributed by atoms with E-state index in [9.17, 15) is 4.79 Å². The molecule has 2 aromatic rings. The molecule has 120 valence electrons. The molecule has 0 amide bonds. The van der Waals surface area contributed by atoms with Gasteiger partial charge in [0, 0.05) is 23.5 Å². The number of hydrogen-bond acceptors (Lipinski definition) is 4. The predicted octanol–water partition coefficient (Wildman–Crippen LogP) is 4.07. The van der Waals surface area contributed by atoms with Crippen LogP contribution in [0.3, 0.4) is 0 Å². The maximum absolute atomic E-state index is 12.2. The van der Waals surface area contributed by atoms with Gasteiger partial charge in [-0.05, 0) is 42.3 Å². The highest BCUT2D eigenvalue weighted by molar-refractivity contribution is 6.05. The smallest absolute Gasteiger partial charge is 0.187 e. The first kappa shape index (κ1) is 16.6. The van der Waals surface area contributed by atoms with Gasteiger partial charge < -0.3 is 14.8 Å². The van der Waals surface area contributed by atoms with Gasteiger partial charge in [0.15, 0.2) is 17.3 Å². The molecule has 0 aliphatic rings. The SMILES string of the molecule is CCc1ccc(NC=CC(=O)c2ccc(OC)c(OC)c2)cc1. The number of allylic oxidation sites excluding steroid dienone is 1. The number of rotatable bonds is 7. The highest BCUT2D eigenvalue weighted by atomic mass is 16.5.